The Morgan fingerprint density at radius 2 is 1.61 bits per heavy atom. The zero-order valence-corrected chi connectivity index (χ0v) is 23.4. The number of pyridine rings is 1. The van der Waals surface area contributed by atoms with Gasteiger partial charge in [-0.3, -0.25) is 9.78 Å². The van der Waals surface area contributed by atoms with Crippen LogP contribution in [0.3, 0.4) is 0 Å². The Bertz CT molecular complexity index is 1690. The van der Waals surface area contributed by atoms with E-state index < -0.39 is 21.7 Å². The van der Waals surface area contributed by atoms with E-state index in [1.807, 2.05) is 6.07 Å². The van der Waals surface area contributed by atoms with Gasteiger partial charge in [-0.25, -0.2) is 27.0 Å². The van der Waals surface area contributed by atoms with E-state index in [1.165, 1.54) is 35.1 Å². The maximum atomic E-state index is 14.1. The summed E-state index contributed by atoms with van der Waals surface area (Å²) in [5, 5.41) is 14.6. The largest absolute Gasteiger partial charge is 0.379 e. The molecule has 1 aromatic carbocycles. The van der Waals surface area contributed by atoms with Gasteiger partial charge in [0.25, 0.3) is 5.91 Å². The monoisotopic (exact) mass is 598 g/mol. The Hall–Kier alpha value is -3.81. The maximum Gasteiger partial charge on any atom is 0.276 e. The van der Waals surface area contributed by atoms with Crippen molar-refractivity contribution in [1.29, 1.82) is 0 Å². The topological polar surface area (TPSA) is 142 Å². The highest BCUT2D eigenvalue weighted by Crippen LogP contribution is 2.30. The first kappa shape index (κ1) is 27.4. The van der Waals surface area contributed by atoms with Crippen LogP contribution in [-0.2, 0) is 10.0 Å². The summed E-state index contributed by atoms with van der Waals surface area (Å²) in [5.74, 6) is -0.654. The van der Waals surface area contributed by atoms with Gasteiger partial charge in [-0.1, -0.05) is 11.6 Å². The summed E-state index contributed by atoms with van der Waals surface area (Å²) < 4.78 is 43.9. The van der Waals surface area contributed by atoms with Gasteiger partial charge in [0.15, 0.2) is 17.2 Å². The molecular formula is C27H28ClFN8O3S. The fraction of sp³-hybridized carbons (Fsp3) is 0.333. The van der Waals surface area contributed by atoms with E-state index in [0.29, 0.717) is 35.4 Å². The van der Waals surface area contributed by atoms with Crippen LogP contribution in [0, 0.1) is 5.82 Å². The number of amides is 1. The van der Waals surface area contributed by atoms with Crippen molar-refractivity contribution in [2.24, 2.45) is 0 Å². The van der Waals surface area contributed by atoms with Crippen LogP contribution >= 0.6 is 11.6 Å². The lowest BCUT2D eigenvalue weighted by atomic mass is 9.92. The van der Waals surface area contributed by atoms with Gasteiger partial charge in [-0.05, 0) is 68.9 Å². The number of nitrogens with zero attached hydrogens (tertiary/aromatic N) is 4. The van der Waals surface area contributed by atoms with E-state index in [1.54, 1.807) is 12.1 Å². The van der Waals surface area contributed by atoms with Gasteiger partial charge in [0.05, 0.1) is 28.7 Å². The lowest BCUT2D eigenvalue weighted by Gasteiger charge is -2.30. The molecule has 41 heavy (non-hydrogen) atoms. The van der Waals surface area contributed by atoms with Gasteiger partial charge < -0.3 is 16.0 Å². The van der Waals surface area contributed by atoms with Crippen molar-refractivity contribution in [2.75, 3.05) is 16.0 Å². The van der Waals surface area contributed by atoms with Crippen molar-refractivity contribution in [3.63, 3.8) is 0 Å². The predicted octanol–water partition coefficient (Wildman–Crippen LogP) is 4.45. The number of anilines is 3. The molecule has 6 rings (SSSR count). The first-order valence-electron chi connectivity index (χ1n) is 13.4. The van der Waals surface area contributed by atoms with E-state index in [2.05, 4.69) is 35.7 Å². The highest BCUT2D eigenvalue weighted by Gasteiger charge is 2.28. The third-order valence-corrected chi connectivity index (χ3v) is 8.97. The Labute approximate surface area is 241 Å². The van der Waals surface area contributed by atoms with Crippen LogP contribution in [0.5, 0.6) is 0 Å². The average Bonchev–Trinajstić information content (AvgIpc) is 3.66. The van der Waals surface area contributed by atoms with Crippen LogP contribution in [0.2, 0.25) is 5.02 Å². The van der Waals surface area contributed by atoms with Gasteiger partial charge in [-0.2, -0.15) is 0 Å². The molecule has 1 amide bonds. The SMILES string of the molecule is O=C(Nc1ccncc1F)c1cnc2c(NC3CC3)cc(NC3CCC(NS(=O)(=O)c4ccc(Cl)cc4)CC3)nn12. The molecule has 0 saturated heterocycles. The van der Waals surface area contributed by atoms with Crippen molar-refractivity contribution >= 4 is 50.4 Å². The van der Waals surface area contributed by atoms with Crippen LogP contribution in [0.1, 0.15) is 49.0 Å². The lowest BCUT2D eigenvalue weighted by molar-refractivity contribution is 0.102. The molecule has 0 aliphatic heterocycles. The van der Waals surface area contributed by atoms with Gasteiger partial charge in [0.1, 0.15) is 5.82 Å². The third-order valence-electron chi connectivity index (χ3n) is 7.18. The van der Waals surface area contributed by atoms with E-state index in [0.717, 1.165) is 37.6 Å². The Balaban J connectivity index is 1.16. The molecule has 4 aromatic rings. The van der Waals surface area contributed by atoms with Crippen LogP contribution in [0.15, 0.2) is 59.9 Å². The van der Waals surface area contributed by atoms with E-state index in [9.17, 15) is 17.6 Å². The first-order valence-corrected chi connectivity index (χ1v) is 15.2. The molecular weight excluding hydrogens is 571 g/mol. The highest BCUT2D eigenvalue weighted by atomic mass is 35.5. The predicted molar refractivity (Wildman–Crippen MR) is 153 cm³/mol. The molecule has 3 aromatic heterocycles. The smallest absolute Gasteiger partial charge is 0.276 e. The fourth-order valence-electron chi connectivity index (χ4n) is 4.88. The number of carbonyl (C=O) groups excluding carboxylic acids is 1. The summed E-state index contributed by atoms with van der Waals surface area (Å²) in [6.07, 6.45) is 8.66. The van der Waals surface area contributed by atoms with Crippen LogP contribution in [-0.4, -0.2) is 52.0 Å². The minimum atomic E-state index is -3.65. The standard InChI is InChI=1S/C27H28ClFN8O3S/c28-16-1-9-20(10-2-16)41(39,40)36-19-7-5-18(6-8-19)33-25-13-23(32-17-3-4-17)26-31-15-24(37(26)35-25)27(38)34-22-11-12-30-14-21(22)29/h1-2,9-15,17-19,32,36H,3-8H2,(H,33,35)(H,30,34,38). The molecule has 2 saturated carbocycles. The van der Waals surface area contributed by atoms with E-state index in [-0.39, 0.29) is 28.4 Å². The molecule has 2 aliphatic carbocycles. The number of carbonyl (C=O) groups is 1. The van der Waals surface area contributed by atoms with E-state index in [4.69, 9.17) is 11.6 Å². The summed E-state index contributed by atoms with van der Waals surface area (Å²) >= 11 is 5.89. The molecule has 0 bridgehead atoms. The minimum absolute atomic E-state index is 0.00834. The number of halogens is 2. The third kappa shape index (κ3) is 6.26. The molecule has 0 unspecified atom stereocenters. The Morgan fingerprint density at radius 3 is 2.32 bits per heavy atom. The number of hydrogen-bond acceptors (Lipinski definition) is 8. The quantitative estimate of drug-likeness (QED) is 0.221. The minimum Gasteiger partial charge on any atom is -0.379 e. The summed E-state index contributed by atoms with van der Waals surface area (Å²) in [5.41, 5.74) is 1.39. The molecule has 11 nitrogen and oxygen atoms in total. The maximum absolute atomic E-state index is 14.1. The van der Waals surface area contributed by atoms with Crippen molar-refractivity contribution in [3.05, 3.63) is 71.5 Å². The van der Waals surface area contributed by atoms with Crippen molar-refractivity contribution in [1.82, 2.24) is 24.3 Å². The second kappa shape index (κ2) is 11.2. The summed E-state index contributed by atoms with van der Waals surface area (Å²) in [7, 11) is -3.65. The van der Waals surface area contributed by atoms with Gasteiger partial charge in [0.2, 0.25) is 10.0 Å². The number of benzene rings is 1. The second-order valence-electron chi connectivity index (χ2n) is 10.3. The number of sulfonamides is 1. The van der Waals surface area contributed by atoms with Crippen molar-refractivity contribution in [2.45, 2.75) is 61.5 Å². The summed E-state index contributed by atoms with van der Waals surface area (Å²) in [4.78, 5) is 21.4. The van der Waals surface area contributed by atoms with Crippen LogP contribution in [0.4, 0.5) is 21.6 Å². The lowest BCUT2D eigenvalue weighted by Crippen LogP contribution is -2.40. The molecule has 2 fully saturated rings. The Morgan fingerprint density at radius 1 is 0.927 bits per heavy atom. The van der Waals surface area contributed by atoms with Gasteiger partial charge in [0, 0.05) is 35.4 Å². The second-order valence-corrected chi connectivity index (χ2v) is 12.5. The Kier molecular flexibility index (Phi) is 7.49. The molecule has 0 radical (unpaired) electrons. The zero-order chi connectivity index (χ0) is 28.6. The molecule has 0 atom stereocenters. The molecule has 2 aliphatic rings. The zero-order valence-electron chi connectivity index (χ0n) is 21.8. The molecule has 214 valence electrons. The first-order chi connectivity index (χ1) is 19.7. The number of fused-ring (bicyclic) bond motifs is 1. The molecule has 3 heterocycles. The fourth-order valence-corrected chi connectivity index (χ4v) is 6.31. The van der Waals surface area contributed by atoms with Crippen molar-refractivity contribution < 1.29 is 17.6 Å². The highest BCUT2D eigenvalue weighted by molar-refractivity contribution is 7.89. The van der Waals surface area contributed by atoms with E-state index >= 15 is 0 Å². The molecule has 14 heteroatoms. The molecule has 4 N–H and O–H groups in total. The number of hydrogen-bond donors (Lipinski definition) is 4. The van der Waals surface area contributed by atoms with Crippen LogP contribution < -0.4 is 20.7 Å². The number of nitrogens with one attached hydrogen (secondary N) is 4. The summed E-state index contributed by atoms with van der Waals surface area (Å²) in [6.45, 7) is 0. The van der Waals surface area contributed by atoms with Crippen molar-refractivity contribution in [3.8, 4) is 0 Å². The summed E-state index contributed by atoms with van der Waals surface area (Å²) in [6, 6.07) is 9.54. The van der Waals surface area contributed by atoms with Crippen LogP contribution in [0.25, 0.3) is 5.65 Å². The average molecular weight is 599 g/mol. The molecule has 0 spiro atoms. The number of imidazole rings is 1. The van der Waals surface area contributed by atoms with Gasteiger partial charge in [-0.15, -0.1) is 5.10 Å². The number of rotatable bonds is 9. The van der Waals surface area contributed by atoms with Gasteiger partial charge >= 0.3 is 0 Å². The number of aromatic nitrogens is 4. The normalized spacial score (nSPS) is 19.2.